The number of H-pyrrole nitrogens is 1. The zero-order valence-electron chi connectivity index (χ0n) is 12.5. The van der Waals surface area contributed by atoms with E-state index < -0.39 is 10.9 Å². The molecule has 24 heavy (non-hydrogen) atoms. The molecule has 0 atom stereocenters. The van der Waals surface area contributed by atoms with Crippen LogP contribution in [0.25, 0.3) is 11.0 Å². The van der Waals surface area contributed by atoms with Gasteiger partial charge in [-0.05, 0) is 17.7 Å². The number of rotatable bonds is 5. The van der Waals surface area contributed by atoms with Crippen LogP contribution in [0.1, 0.15) is 5.56 Å². The van der Waals surface area contributed by atoms with E-state index in [1.165, 1.54) is 0 Å². The molecule has 0 unspecified atom stereocenters. The Morgan fingerprint density at radius 2 is 1.67 bits per heavy atom. The molecule has 1 aromatic heterocycles. The first-order valence-corrected chi connectivity index (χ1v) is 7.41. The monoisotopic (exact) mass is 319 g/mol. The molecule has 4 aromatic rings. The number of para-hydroxylation sites is 1. The molecule has 1 heterocycles. The predicted molar refractivity (Wildman–Crippen MR) is 92.3 cm³/mol. The average molecular weight is 319 g/mol. The van der Waals surface area contributed by atoms with Crippen molar-refractivity contribution in [1.82, 2.24) is 15.4 Å². The van der Waals surface area contributed by atoms with E-state index in [2.05, 4.69) is 26.0 Å². The second-order valence-electron chi connectivity index (χ2n) is 5.37. The van der Waals surface area contributed by atoms with Crippen molar-refractivity contribution in [2.45, 2.75) is 6.54 Å². The van der Waals surface area contributed by atoms with Crippen molar-refractivity contribution in [3.8, 4) is 0 Å². The first-order valence-electron chi connectivity index (χ1n) is 7.41. The second-order valence-corrected chi connectivity index (χ2v) is 5.37. The van der Waals surface area contributed by atoms with Crippen molar-refractivity contribution in [2.24, 2.45) is 0 Å². The van der Waals surface area contributed by atoms with Gasteiger partial charge in [0.1, 0.15) is 22.4 Å². The van der Waals surface area contributed by atoms with Crippen LogP contribution in [0.3, 0.4) is 0 Å². The summed E-state index contributed by atoms with van der Waals surface area (Å²) < 4.78 is 0. The summed E-state index contributed by atoms with van der Waals surface area (Å²) in [7, 11) is 0. The summed E-state index contributed by atoms with van der Waals surface area (Å²) in [5, 5.41) is 16.6. The highest BCUT2D eigenvalue weighted by atomic mass is 16.2. The summed E-state index contributed by atoms with van der Waals surface area (Å²) in [6, 6.07) is 15.0. The molecule has 7 heteroatoms. The number of hydrogen-bond donors (Lipinski definition) is 3. The van der Waals surface area contributed by atoms with Gasteiger partial charge in [0.25, 0.3) is 10.9 Å². The lowest BCUT2D eigenvalue weighted by Gasteiger charge is -2.15. The van der Waals surface area contributed by atoms with Crippen molar-refractivity contribution in [2.75, 3.05) is 10.6 Å². The maximum absolute atomic E-state index is 11.9. The number of hydrogen-bond acceptors (Lipinski definition) is 6. The summed E-state index contributed by atoms with van der Waals surface area (Å²) in [5.41, 5.74) is 2.44. The molecule has 3 N–H and O–H groups in total. The molecular formula is C17H13N5O2. The summed E-state index contributed by atoms with van der Waals surface area (Å²) in [6.07, 6.45) is 0. The maximum Gasteiger partial charge on any atom is 0.253 e. The third-order valence-corrected chi connectivity index (χ3v) is 3.83. The van der Waals surface area contributed by atoms with Gasteiger partial charge in [0.15, 0.2) is 0 Å². The lowest BCUT2D eigenvalue weighted by molar-refractivity contribution is 0.959. The minimum atomic E-state index is -0.536. The topological polar surface area (TPSA) is 99.8 Å². The fourth-order valence-electron chi connectivity index (χ4n) is 2.57. The molecule has 0 saturated heterocycles. The fraction of sp³-hybridized carbons (Fsp3) is 0.0588. The molecule has 0 saturated carbocycles. The standard InChI is InChI=1S/C17H13N5O2/c23-16-14(18-9-10-5-2-1-3-6-10)15(17(16)24)19-11-7-4-8-12-13(11)21-22-20-12/h1-8,18-19H,9H2,(H,20,21,22). The lowest BCUT2D eigenvalue weighted by Crippen LogP contribution is -2.36. The van der Waals surface area contributed by atoms with Crippen LogP contribution in [0.4, 0.5) is 17.1 Å². The molecule has 3 aromatic carbocycles. The highest BCUT2D eigenvalue weighted by Gasteiger charge is 2.21. The normalized spacial score (nSPS) is 11.0. The van der Waals surface area contributed by atoms with Gasteiger partial charge in [-0.1, -0.05) is 36.4 Å². The summed E-state index contributed by atoms with van der Waals surface area (Å²) in [4.78, 5) is 23.8. The van der Waals surface area contributed by atoms with Crippen LogP contribution in [0.5, 0.6) is 0 Å². The SMILES string of the molecule is O=c1c(NCc2ccccc2)c(Nc2cccc3n[nH]nc23)c1=O. The number of nitrogens with one attached hydrogen (secondary N) is 3. The van der Waals surface area contributed by atoms with Gasteiger partial charge in [-0.3, -0.25) is 9.59 Å². The van der Waals surface area contributed by atoms with Crippen LogP contribution in [0.15, 0.2) is 58.1 Å². The molecule has 0 radical (unpaired) electrons. The molecular weight excluding hydrogens is 306 g/mol. The summed E-state index contributed by atoms with van der Waals surface area (Å²) in [6.45, 7) is 0.467. The van der Waals surface area contributed by atoms with Crippen LogP contribution in [-0.4, -0.2) is 15.4 Å². The molecule has 0 spiro atoms. The summed E-state index contributed by atoms with van der Waals surface area (Å²) in [5.74, 6) is 0. The Balaban J connectivity index is 1.60. The van der Waals surface area contributed by atoms with E-state index in [0.29, 0.717) is 29.0 Å². The van der Waals surface area contributed by atoms with E-state index >= 15 is 0 Å². The zero-order chi connectivity index (χ0) is 16.5. The smallest absolute Gasteiger partial charge is 0.253 e. The Hall–Kier alpha value is -3.48. The van der Waals surface area contributed by atoms with E-state index in [-0.39, 0.29) is 5.69 Å². The zero-order valence-corrected chi connectivity index (χ0v) is 12.5. The van der Waals surface area contributed by atoms with Crippen LogP contribution in [-0.2, 0) is 6.54 Å². The number of aromatic amines is 1. The number of benzene rings is 2. The third kappa shape index (κ3) is 2.32. The Morgan fingerprint density at radius 3 is 2.50 bits per heavy atom. The molecule has 4 rings (SSSR count). The van der Waals surface area contributed by atoms with E-state index in [1.807, 2.05) is 30.3 Å². The van der Waals surface area contributed by atoms with Gasteiger partial charge in [-0.2, -0.15) is 15.4 Å². The van der Waals surface area contributed by atoms with Crippen molar-refractivity contribution < 1.29 is 0 Å². The first kappa shape index (κ1) is 14.1. The largest absolute Gasteiger partial charge is 0.376 e. The van der Waals surface area contributed by atoms with Crippen molar-refractivity contribution in [3.63, 3.8) is 0 Å². The third-order valence-electron chi connectivity index (χ3n) is 3.83. The fourth-order valence-corrected chi connectivity index (χ4v) is 2.57. The van der Waals surface area contributed by atoms with Gasteiger partial charge in [-0.15, -0.1) is 0 Å². The van der Waals surface area contributed by atoms with E-state index in [0.717, 1.165) is 5.56 Å². The predicted octanol–water partition coefficient (Wildman–Crippen LogP) is 1.91. The van der Waals surface area contributed by atoms with E-state index in [1.54, 1.807) is 18.2 Å². The molecule has 0 fully saturated rings. The van der Waals surface area contributed by atoms with Gasteiger partial charge in [0, 0.05) is 6.54 Å². The minimum Gasteiger partial charge on any atom is -0.376 e. The second kappa shape index (κ2) is 5.62. The molecule has 0 aliphatic carbocycles. The highest BCUT2D eigenvalue weighted by molar-refractivity contribution is 5.91. The molecule has 0 bridgehead atoms. The average Bonchev–Trinajstić information content (AvgIpc) is 3.11. The van der Waals surface area contributed by atoms with Gasteiger partial charge in [0.2, 0.25) is 0 Å². The van der Waals surface area contributed by atoms with Crippen LogP contribution in [0, 0.1) is 0 Å². The van der Waals surface area contributed by atoms with Gasteiger partial charge < -0.3 is 10.6 Å². The Bertz CT molecular complexity index is 1080. The number of nitrogens with zero attached hydrogens (tertiary/aromatic N) is 2. The molecule has 0 aliphatic heterocycles. The molecule has 0 amide bonds. The van der Waals surface area contributed by atoms with Crippen molar-refractivity contribution in [1.29, 1.82) is 0 Å². The number of anilines is 3. The lowest BCUT2D eigenvalue weighted by atomic mass is 10.1. The molecule has 0 aliphatic rings. The van der Waals surface area contributed by atoms with Crippen LogP contribution >= 0.6 is 0 Å². The Kier molecular flexibility index (Phi) is 3.31. The van der Waals surface area contributed by atoms with E-state index in [4.69, 9.17) is 0 Å². The van der Waals surface area contributed by atoms with Gasteiger partial charge in [0.05, 0.1) is 5.69 Å². The van der Waals surface area contributed by atoms with E-state index in [9.17, 15) is 9.59 Å². The van der Waals surface area contributed by atoms with Gasteiger partial charge in [-0.25, -0.2) is 0 Å². The number of aromatic nitrogens is 3. The van der Waals surface area contributed by atoms with Crippen LogP contribution < -0.4 is 21.5 Å². The summed E-state index contributed by atoms with van der Waals surface area (Å²) >= 11 is 0. The van der Waals surface area contributed by atoms with Gasteiger partial charge >= 0.3 is 0 Å². The quantitative estimate of drug-likeness (QED) is 0.486. The van der Waals surface area contributed by atoms with Crippen molar-refractivity contribution >= 4 is 28.1 Å². The molecule has 7 nitrogen and oxygen atoms in total. The minimum absolute atomic E-state index is 0.256. The van der Waals surface area contributed by atoms with Crippen LogP contribution in [0.2, 0.25) is 0 Å². The Morgan fingerprint density at radius 1 is 0.875 bits per heavy atom. The maximum atomic E-state index is 11.9. The Labute approximate surface area is 136 Å². The number of fused-ring (bicyclic) bond motifs is 1. The van der Waals surface area contributed by atoms with Crippen molar-refractivity contribution in [3.05, 3.63) is 74.5 Å². The highest BCUT2D eigenvalue weighted by Crippen LogP contribution is 2.25. The molecule has 118 valence electrons. The first-order chi connectivity index (χ1) is 11.7.